The van der Waals surface area contributed by atoms with E-state index in [0.717, 1.165) is 6.42 Å². The van der Waals surface area contributed by atoms with Gasteiger partial charge in [-0.3, -0.25) is 9.59 Å². The van der Waals surface area contributed by atoms with Gasteiger partial charge in [0.05, 0.1) is 5.71 Å². The Morgan fingerprint density at radius 1 is 1.09 bits per heavy atom. The molecule has 134 valence electrons. The molecule has 10 heteroatoms. The van der Waals surface area contributed by atoms with E-state index < -0.39 is 24.0 Å². The van der Waals surface area contributed by atoms with Crippen LogP contribution in [0.15, 0.2) is 5.16 Å². The van der Waals surface area contributed by atoms with Crippen LogP contribution in [0.4, 0.5) is 0 Å². The third kappa shape index (κ3) is 11.2. The largest absolute Gasteiger partial charge is 0.480 e. The van der Waals surface area contributed by atoms with Gasteiger partial charge in [0, 0.05) is 23.0 Å². The molecule has 23 heavy (non-hydrogen) atoms. The highest BCUT2D eigenvalue weighted by atomic mass is 32.2. The molecule has 0 aliphatic rings. The fourth-order valence-electron chi connectivity index (χ4n) is 1.08. The monoisotopic (exact) mass is 367 g/mol. The Morgan fingerprint density at radius 2 is 1.52 bits per heavy atom. The molecule has 6 N–H and O–H groups in total. The van der Waals surface area contributed by atoms with E-state index in [1.54, 1.807) is 0 Å². The molecule has 0 aliphatic heterocycles. The predicted octanol–water partition coefficient (Wildman–Crippen LogP) is 0.448. The number of aliphatic carboxylic acids is 2. The second-order valence-electron chi connectivity index (χ2n) is 4.90. The topological polar surface area (TPSA) is 148 Å². The fourth-order valence-corrected chi connectivity index (χ4v) is 3.02. The third-order valence-electron chi connectivity index (χ3n) is 2.70. The maximum Gasteiger partial charge on any atom is 0.321 e. The van der Waals surface area contributed by atoms with E-state index >= 15 is 0 Å². The van der Waals surface area contributed by atoms with Crippen molar-refractivity contribution in [1.82, 2.24) is 0 Å². The molecule has 0 rings (SSSR count). The number of nitrogens with zero attached hydrogens (tertiary/aromatic N) is 1. The smallest absolute Gasteiger partial charge is 0.321 e. The minimum Gasteiger partial charge on any atom is -0.480 e. The summed E-state index contributed by atoms with van der Waals surface area (Å²) in [6.07, 6.45) is 0.785. The predicted molar refractivity (Wildman–Crippen MR) is 94.1 cm³/mol. The molecule has 0 saturated carbocycles. The Hall–Kier alpha value is -0.970. The molecule has 3 atom stereocenters. The van der Waals surface area contributed by atoms with Crippen molar-refractivity contribution in [2.24, 2.45) is 16.6 Å². The second-order valence-corrected chi connectivity index (χ2v) is 6.96. The summed E-state index contributed by atoms with van der Waals surface area (Å²) >= 11 is 2.69. The van der Waals surface area contributed by atoms with E-state index in [1.807, 2.05) is 13.8 Å². The van der Waals surface area contributed by atoms with Gasteiger partial charge < -0.3 is 26.5 Å². The van der Waals surface area contributed by atoms with E-state index in [9.17, 15) is 9.59 Å². The summed E-state index contributed by atoms with van der Waals surface area (Å²) < 4.78 is 0. The van der Waals surface area contributed by atoms with E-state index in [1.165, 1.54) is 23.5 Å². The van der Waals surface area contributed by atoms with Crippen molar-refractivity contribution < 1.29 is 24.6 Å². The molecule has 3 unspecified atom stereocenters. The summed E-state index contributed by atoms with van der Waals surface area (Å²) in [6, 6.07) is -1.85. The first-order valence-electron chi connectivity index (χ1n) is 7.11. The molecular weight excluding hydrogens is 342 g/mol. The van der Waals surface area contributed by atoms with Gasteiger partial charge in [0.1, 0.15) is 18.2 Å². The maximum absolute atomic E-state index is 10.7. The van der Waals surface area contributed by atoms with Crippen LogP contribution in [0.25, 0.3) is 0 Å². The number of nitrogens with two attached hydrogens (primary N) is 2. The van der Waals surface area contributed by atoms with Gasteiger partial charge in [-0.15, -0.1) is 0 Å². The summed E-state index contributed by atoms with van der Waals surface area (Å²) in [6.45, 7) is 3.86. The lowest BCUT2D eigenvalue weighted by molar-refractivity contribution is -0.138. The second kappa shape index (κ2) is 12.5. The number of carbonyl (C=O) groups is 2. The summed E-state index contributed by atoms with van der Waals surface area (Å²) in [7, 11) is 0. The number of carboxylic acid groups (broad SMARTS) is 2. The molecule has 0 bridgehead atoms. The minimum atomic E-state index is -1.05. The average Bonchev–Trinajstić information content (AvgIpc) is 2.50. The molecule has 0 fully saturated rings. The van der Waals surface area contributed by atoms with Crippen molar-refractivity contribution in [3.8, 4) is 0 Å². The first-order valence-corrected chi connectivity index (χ1v) is 9.42. The lowest BCUT2D eigenvalue weighted by Crippen LogP contribution is -2.33. The van der Waals surface area contributed by atoms with Crippen LogP contribution in [0.3, 0.4) is 0 Å². The van der Waals surface area contributed by atoms with Gasteiger partial charge in [-0.25, -0.2) is 0 Å². The molecule has 0 aliphatic carbocycles. The molecule has 0 aromatic rings. The normalized spacial score (nSPS) is 14.6. The SMILES string of the molecule is CCC(C)ON=C(CSCC(N)C(=O)O)CSCC(N)C(=O)O. The zero-order chi connectivity index (χ0) is 17.8. The zero-order valence-corrected chi connectivity index (χ0v) is 14.9. The highest BCUT2D eigenvalue weighted by Gasteiger charge is 2.14. The minimum absolute atomic E-state index is 0.0254. The van der Waals surface area contributed by atoms with Crippen LogP contribution >= 0.6 is 23.5 Å². The van der Waals surface area contributed by atoms with E-state index in [4.69, 9.17) is 26.5 Å². The van der Waals surface area contributed by atoms with Gasteiger partial charge >= 0.3 is 11.9 Å². The Kier molecular flexibility index (Phi) is 11.9. The molecule has 0 saturated heterocycles. The van der Waals surface area contributed by atoms with Crippen molar-refractivity contribution >= 4 is 41.2 Å². The van der Waals surface area contributed by atoms with Gasteiger partial charge in [0.15, 0.2) is 0 Å². The Balaban J connectivity index is 4.39. The fraction of sp³-hybridized carbons (Fsp3) is 0.769. The molecule has 0 spiro atoms. The Morgan fingerprint density at radius 3 is 1.87 bits per heavy atom. The van der Waals surface area contributed by atoms with Gasteiger partial charge in [0.25, 0.3) is 0 Å². The molecule has 0 heterocycles. The Labute approximate surface area is 144 Å². The lowest BCUT2D eigenvalue weighted by atomic mass is 10.3. The number of oxime groups is 1. The Bertz CT molecular complexity index is 381. The third-order valence-corrected chi connectivity index (χ3v) is 4.97. The van der Waals surface area contributed by atoms with Gasteiger partial charge in [-0.2, -0.15) is 23.5 Å². The van der Waals surface area contributed by atoms with Crippen LogP contribution in [0.2, 0.25) is 0 Å². The van der Waals surface area contributed by atoms with E-state index in [2.05, 4.69) is 5.16 Å². The van der Waals surface area contributed by atoms with Crippen LogP contribution in [-0.2, 0) is 14.4 Å². The number of thioether (sulfide) groups is 2. The standard InChI is InChI=1S/C13H25N3O5S2/c1-3-8(2)21-16-9(4-22-6-10(14)12(17)18)5-23-7-11(15)13(19)20/h8,10-11H,3-7,14-15H2,1-2H3,(H,17,18)(H,19,20). The van der Waals surface area contributed by atoms with Crippen LogP contribution in [0, 0.1) is 0 Å². The van der Waals surface area contributed by atoms with Gasteiger partial charge in [0.2, 0.25) is 0 Å². The van der Waals surface area contributed by atoms with Crippen molar-refractivity contribution in [2.75, 3.05) is 23.0 Å². The summed E-state index contributed by atoms with van der Waals surface area (Å²) in [5.41, 5.74) is 11.6. The van der Waals surface area contributed by atoms with Gasteiger partial charge in [-0.1, -0.05) is 12.1 Å². The highest BCUT2D eigenvalue weighted by molar-refractivity contribution is 8.01. The molecule has 0 radical (unpaired) electrons. The lowest BCUT2D eigenvalue weighted by Gasteiger charge is -2.12. The van der Waals surface area contributed by atoms with Gasteiger partial charge in [-0.05, 0) is 13.3 Å². The summed E-state index contributed by atoms with van der Waals surface area (Å²) in [5, 5.41) is 21.6. The molecule has 0 aromatic carbocycles. The van der Waals surface area contributed by atoms with Crippen LogP contribution in [0.1, 0.15) is 20.3 Å². The first kappa shape index (κ1) is 22.0. The van der Waals surface area contributed by atoms with E-state index in [0.29, 0.717) is 17.2 Å². The van der Waals surface area contributed by atoms with Crippen molar-refractivity contribution in [1.29, 1.82) is 0 Å². The number of hydrogen-bond donors (Lipinski definition) is 4. The molecular formula is C13H25N3O5S2. The van der Waals surface area contributed by atoms with E-state index in [-0.39, 0.29) is 17.6 Å². The number of hydrogen-bond acceptors (Lipinski definition) is 8. The zero-order valence-electron chi connectivity index (χ0n) is 13.3. The summed E-state index contributed by atoms with van der Waals surface area (Å²) in [5.74, 6) is -0.643. The van der Waals surface area contributed by atoms with Crippen LogP contribution < -0.4 is 11.5 Å². The van der Waals surface area contributed by atoms with Crippen molar-refractivity contribution in [3.05, 3.63) is 0 Å². The van der Waals surface area contributed by atoms with Crippen molar-refractivity contribution in [3.63, 3.8) is 0 Å². The van der Waals surface area contributed by atoms with Crippen LogP contribution in [0.5, 0.6) is 0 Å². The summed E-state index contributed by atoms with van der Waals surface area (Å²) in [4.78, 5) is 26.7. The number of rotatable bonds is 13. The first-order chi connectivity index (χ1) is 10.8. The maximum atomic E-state index is 10.7. The molecule has 0 aromatic heterocycles. The molecule has 8 nitrogen and oxygen atoms in total. The molecule has 0 amide bonds. The number of carboxylic acids is 2. The highest BCUT2D eigenvalue weighted by Crippen LogP contribution is 2.10. The average molecular weight is 367 g/mol. The van der Waals surface area contributed by atoms with Crippen molar-refractivity contribution in [2.45, 2.75) is 38.5 Å². The quantitative estimate of drug-likeness (QED) is 0.269. The van der Waals surface area contributed by atoms with Crippen LogP contribution in [-0.4, -0.2) is 69.1 Å².